The Bertz CT molecular complexity index is 1720. The normalized spacial score (nSPS) is 19.6. The molecular formula is C29H33FN10O2. The van der Waals surface area contributed by atoms with Crippen molar-refractivity contribution >= 4 is 28.6 Å². The first kappa shape index (κ1) is 27.5. The highest BCUT2D eigenvalue weighted by Gasteiger charge is 2.43. The first-order valence-corrected chi connectivity index (χ1v) is 13.9. The van der Waals surface area contributed by atoms with Crippen LogP contribution < -0.4 is 10.6 Å². The molecule has 1 amide bonds. The molecule has 0 saturated heterocycles. The molecule has 1 fully saturated rings. The quantitative estimate of drug-likeness (QED) is 0.249. The molecule has 0 aromatic carbocycles. The summed E-state index contributed by atoms with van der Waals surface area (Å²) in [6.07, 6.45) is 8.46. The summed E-state index contributed by atoms with van der Waals surface area (Å²) in [6, 6.07) is 7.19. The molecule has 0 unspecified atom stereocenters. The Labute approximate surface area is 241 Å². The number of aromatic amines is 1. The predicted octanol–water partition coefficient (Wildman–Crippen LogP) is 4.38. The molecule has 1 aliphatic rings. The van der Waals surface area contributed by atoms with E-state index < -0.39 is 11.4 Å². The van der Waals surface area contributed by atoms with Gasteiger partial charge in [0.1, 0.15) is 22.9 Å². The average molecular weight is 573 g/mol. The fourth-order valence-electron chi connectivity index (χ4n) is 5.53. The number of pyridine rings is 1. The molecule has 1 atom stereocenters. The third-order valence-corrected chi connectivity index (χ3v) is 8.06. The summed E-state index contributed by atoms with van der Waals surface area (Å²) in [4.78, 5) is 27.7. The zero-order valence-electron chi connectivity index (χ0n) is 23.9. The molecule has 0 radical (unpaired) electrons. The Kier molecular flexibility index (Phi) is 7.19. The smallest absolute Gasteiger partial charge is 0.252 e. The summed E-state index contributed by atoms with van der Waals surface area (Å²) in [5.74, 6) is 2.09. The highest BCUT2D eigenvalue weighted by Crippen LogP contribution is 2.40. The van der Waals surface area contributed by atoms with E-state index >= 15 is 0 Å². The molecule has 0 aliphatic heterocycles. The van der Waals surface area contributed by atoms with Gasteiger partial charge in [-0.2, -0.15) is 10.2 Å². The Morgan fingerprint density at radius 2 is 2.02 bits per heavy atom. The van der Waals surface area contributed by atoms with Crippen molar-refractivity contribution in [1.29, 1.82) is 0 Å². The van der Waals surface area contributed by atoms with Crippen molar-refractivity contribution in [1.82, 2.24) is 44.8 Å². The highest BCUT2D eigenvalue weighted by atomic mass is 19.1. The molecule has 3 N–H and O–H groups in total. The number of rotatable bonds is 8. The number of amides is 1. The fraction of sp³-hybridized carbons (Fsp3) is 0.379. The summed E-state index contributed by atoms with van der Waals surface area (Å²) in [7, 11) is 3.55. The van der Waals surface area contributed by atoms with Crippen molar-refractivity contribution in [3.05, 3.63) is 72.0 Å². The molecule has 0 spiro atoms. The molecule has 6 rings (SSSR count). The predicted molar refractivity (Wildman–Crippen MR) is 154 cm³/mol. The van der Waals surface area contributed by atoms with Crippen LogP contribution in [0.1, 0.15) is 61.6 Å². The lowest BCUT2D eigenvalue weighted by Crippen LogP contribution is -2.50. The van der Waals surface area contributed by atoms with Gasteiger partial charge in [-0.25, -0.2) is 24.0 Å². The van der Waals surface area contributed by atoms with Crippen LogP contribution in [0.3, 0.4) is 0 Å². The van der Waals surface area contributed by atoms with Crippen LogP contribution >= 0.6 is 0 Å². The molecule has 0 bridgehead atoms. The average Bonchev–Trinajstić information content (AvgIpc) is 3.73. The van der Waals surface area contributed by atoms with Gasteiger partial charge in [0.15, 0.2) is 17.5 Å². The molecular weight excluding hydrogens is 539 g/mol. The zero-order valence-corrected chi connectivity index (χ0v) is 23.9. The van der Waals surface area contributed by atoms with Crippen LogP contribution in [0.15, 0.2) is 49.1 Å². The molecule has 1 aliphatic carbocycles. The van der Waals surface area contributed by atoms with E-state index in [4.69, 9.17) is 14.7 Å². The second-order valence-corrected chi connectivity index (χ2v) is 10.9. The number of hydrogen-bond acceptors (Lipinski definition) is 8. The van der Waals surface area contributed by atoms with Crippen LogP contribution in [-0.2, 0) is 16.6 Å². The van der Waals surface area contributed by atoms with Gasteiger partial charge in [0.05, 0.1) is 23.8 Å². The van der Waals surface area contributed by atoms with Crippen LogP contribution in [0.4, 0.5) is 16.0 Å². The molecule has 42 heavy (non-hydrogen) atoms. The molecule has 1 saturated carbocycles. The number of methoxy groups -OCH3 is 1. The fourth-order valence-corrected chi connectivity index (χ4v) is 5.53. The molecule has 218 valence electrons. The topological polar surface area (TPSA) is 140 Å². The maximum atomic E-state index is 13.5. The van der Waals surface area contributed by atoms with Crippen molar-refractivity contribution in [3.8, 4) is 5.82 Å². The largest absolute Gasteiger partial charge is 0.368 e. The number of anilines is 2. The van der Waals surface area contributed by atoms with Gasteiger partial charge in [-0.05, 0) is 57.2 Å². The Morgan fingerprint density at radius 1 is 1.21 bits per heavy atom. The Morgan fingerprint density at radius 3 is 2.67 bits per heavy atom. The van der Waals surface area contributed by atoms with Crippen molar-refractivity contribution in [2.24, 2.45) is 7.05 Å². The minimum Gasteiger partial charge on any atom is -0.368 e. The number of H-pyrrole nitrogens is 1. The second-order valence-electron chi connectivity index (χ2n) is 10.9. The van der Waals surface area contributed by atoms with Gasteiger partial charge in [0, 0.05) is 44.2 Å². The van der Waals surface area contributed by atoms with Crippen molar-refractivity contribution in [3.63, 3.8) is 0 Å². The summed E-state index contributed by atoms with van der Waals surface area (Å²) >= 11 is 0. The van der Waals surface area contributed by atoms with Gasteiger partial charge in [0.25, 0.3) is 5.91 Å². The molecule has 5 aromatic heterocycles. The van der Waals surface area contributed by atoms with E-state index in [0.29, 0.717) is 43.1 Å². The van der Waals surface area contributed by atoms with Crippen molar-refractivity contribution in [2.75, 3.05) is 12.4 Å². The number of fused-ring (bicyclic) bond motifs is 1. The number of carbonyl (C=O) groups is 1. The zero-order chi connectivity index (χ0) is 29.4. The third kappa shape index (κ3) is 5.22. The minimum atomic E-state index is -0.951. The maximum absolute atomic E-state index is 13.5. The summed E-state index contributed by atoms with van der Waals surface area (Å²) in [6.45, 7) is 3.84. The van der Waals surface area contributed by atoms with E-state index in [9.17, 15) is 9.18 Å². The van der Waals surface area contributed by atoms with Crippen molar-refractivity contribution < 1.29 is 13.9 Å². The van der Waals surface area contributed by atoms with Gasteiger partial charge in [-0.1, -0.05) is 6.07 Å². The second kappa shape index (κ2) is 11.0. The summed E-state index contributed by atoms with van der Waals surface area (Å²) in [5.41, 5.74) is 1.65. The van der Waals surface area contributed by atoms with E-state index in [-0.39, 0.29) is 17.9 Å². The number of nitrogens with one attached hydrogen (secondary N) is 3. The number of nitrogens with zero attached hydrogens (tertiary/aromatic N) is 7. The van der Waals surface area contributed by atoms with Crippen LogP contribution in [0.25, 0.3) is 16.9 Å². The lowest BCUT2D eigenvalue weighted by atomic mass is 9.77. The number of ether oxygens (including phenoxy) is 1. The summed E-state index contributed by atoms with van der Waals surface area (Å²) < 4.78 is 22.5. The number of aryl methyl sites for hydroxylation is 2. The molecule has 12 nitrogen and oxygen atoms in total. The SMILES string of the molecule is CO[C@]1(C(=O)N[C@@H](C)c2ccc(-n3cc(F)cn3)nc2)CC[C@H](c2nc(Nc3cc(C)[nH]n3)c3ccn(C)c3n2)CC1. The van der Waals surface area contributed by atoms with Crippen LogP contribution in [0, 0.1) is 12.7 Å². The van der Waals surface area contributed by atoms with E-state index in [1.807, 2.05) is 49.9 Å². The first-order valence-electron chi connectivity index (χ1n) is 13.9. The van der Waals surface area contributed by atoms with Crippen LogP contribution in [-0.4, -0.2) is 58.1 Å². The number of carbonyl (C=O) groups excluding carboxylic acids is 1. The van der Waals surface area contributed by atoms with Gasteiger partial charge in [-0.3, -0.25) is 9.89 Å². The van der Waals surface area contributed by atoms with Gasteiger partial charge < -0.3 is 19.9 Å². The van der Waals surface area contributed by atoms with Gasteiger partial charge >= 0.3 is 0 Å². The first-order chi connectivity index (χ1) is 20.2. The minimum absolute atomic E-state index is 0.0724. The summed E-state index contributed by atoms with van der Waals surface area (Å²) in [5, 5.41) is 18.5. The monoisotopic (exact) mass is 572 g/mol. The van der Waals surface area contributed by atoms with E-state index in [2.05, 4.69) is 30.9 Å². The highest BCUT2D eigenvalue weighted by molar-refractivity contribution is 5.89. The third-order valence-electron chi connectivity index (χ3n) is 8.06. The number of halogens is 1. The number of hydrogen-bond donors (Lipinski definition) is 3. The Balaban J connectivity index is 1.15. The van der Waals surface area contributed by atoms with Crippen LogP contribution in [0.5, 0.6) is 0 Å². The standard InChI is InChI=1S/C29H33FN10O2/c1-17-13-23(38-37-17)34-26-22-9-12-39(3)27(22)36-25(35-26)19-7-10-29(42-4,11-8-19)28(41)33-18(2)20-5-6-24(31-14-20)40-16-21(30)15-32-40/h5-6,9,12-16,18-19H,7-8,10-11H2,1-4H3,(H,33,41)(H2,34,35,36,37,38)/t18-,19-,29+/m0/s1. The van der Waals surface area contributed by atoms with Crippen molar-refractivity contribution in [2.45, 2.75) is 57.1 Å². The number of aromatic nitrogens is 8. The molecule has 13 heteroatoms. The van der Waals surface area contributed by atoms with E-state index in [1.165, 1.54) is 10.9 Å². The maximum Gasteiger partial charge on any atom is 0.252 e. The van der Waals surface area contributed by atoms with Gasteiger partial charge in [-0.15, -0.1) is 0 Å². The van der Waals surface area contributed by atoms with E-state index in [0.717, 1.165) is 34.3 Å². The van der Waals surface area contributed by atoms with E-state index in [1.54, 1.807) is 19.4 Å². The lowest BCUT2D eigenvalue weighted by Gasteiger charge is -2.38. The van der Waals surface area contributed by atoms with Gasteiger partial charge in [0.2, 0.25) is 0 Å². The Hall–Kier alpha value is -4.65. The molecule has 5 heterocycles. The lowest BCUT2D eigenvalue weighted by molar-refractivity contribution is -0.148. The van der Waals surface area contributed by atoms with Crippen LogP contribution in [0.2, 0.25) is 0 Å². The molecule has 5 aromatic rings.